The van der Waals surface area contributed by atoms with Crippen molar-refractivity contribution in [2.45, 2.75) is 0 Å². The van der Waals surface area contributed by atoms with Gasteiger partial charge < -0.3 is 13.3 Å². The standard InChI is InChI=1S/C53H31NO3/c1-2-13-48-42(12-1)44-27-38(14-18-49(44)55-48)36-10-5-11-37(26-36)41-17-21-52-47(30-41)46-29-40(16-20-51(46)56-52)35-9-4-7-33(25-35)32-6-3-8-34(24-32)39-15-19-50-45(28-39)43-22-23-54-31-53(43)57-50/h1-31H. The predicted octanol–water partition coefficient (Wildman–Crippen LogP) is 15.1. The first-order valence-electron chi connectivity index (χ1n) is 19.1. The van der Waals surface area contributed by atoms with Gasteiger partial charge in [-0.2, -0.15) is 0 Å². The van der Waals surface area contributed by atoms with Crippen molar-refractivity contribution in [1.82, 2.24) is 4.98 Å². The van der Waals surface area contributed by atoms with E-state index in [4.69, 9.17) is 13.3 Å². The molecule has 0 N–H and O–H groups in total. The Hall–Kier alpha value is -7.69. The molecule has 8 aromatic carbocycles. The molecule has 57 heavy (non-hydrogen) atoms. The van der Waals surface area contributed by atoms with Gasteiger partial charge in [-0.05, 0) is 134 Å². The van der Waals surface area contributed by atoms with Gasteiger partial charge in [-0.1, -0.05) is 97.1 Å². The van der Waals surface area contributed by atoms with Gasteiger partial charge in [0.25, 0.3) is 0 Å². The van der Waals surface area contributed by atoms with Gasteiger partial charge in [-0.15, -0.1) is 0 Å². The molecular formula is C53H31NO3. The number of nitrogens with zero attached hydrogens (tertiary/aromatic N) is 1. The van der Waals surface area contributed by atoms with E-state index in [9.17, 15) is 0 Å². The Morgan fingerprint density at radius 1 is 0.246 bits per heavy atom. The summed E-state index contributed by atoms with van der Waals surface area (Å²) in [6.45, 7) is 0. The van der Waals surface area contributed by atoms with E-state index in [1.54, 1.807) is 6.20 Å². The summed E-state index contributed by atoms with van der Waals surface area (Å²) in [5.41, 5.74) is 16.8. The van der Waals surface area contributed by atoms with E-state index >= 15 is 0 Å². The Kier molecular flexibility index (Phi) is 6.89. The van der Waals surface area contributed by atoms with Crippen molar-refractivity contribution in [3.05, 3.63) is 188 Å². The quantitative estimate of drug-likeness (QED) is 0.177. The molecule has 4 aromatic heterocycles. The van der Waals surface area contributed by atoms with Crippen LogP contribution in [0.4, 0.5) is 0 Å². The molecule has 0 saturated heterocycles. The number of aromatic nitrogens is 1. The second-order valence-electron chi connectivity index (χ2n) is 14.8. The molecule has 0 radical (unpaired) electrons. The first kappa shape index (κ1) is 31.6. The number of pyridine rings is 1. The highest BCUT2D eigenvalue weighted by atomic mass is 16.3. The Morgan fingerprint density at radius 2 is 0.579 bits per heavy atom. The number of hydrogen-bond donors (Lipinski definition) is 0. The average molecular weight is 730 g/mol. The topological polar surface area (TPSA) is 52.3 Å². The SMILES string of the molecule is c1cc(-c2cccc(-c3ccc4oc5ccc(-c6cccc(-c7ccc8oc9ccccc9c8c7)c6)cc5c4c3)c2)cc(-c2ccc3oc4cnccc4c3c2)c1. The average Bonchev–Trinajstić information content (AvgIpc) is 3.96. The molecular weight excluding hydrogens is 699 g/mol. The van der Waals surface area contributed by atoms with Crippen molar-refractivity contribution in [2.24, 2.45) is 0 Å². The van der Waals surface area contributed by atoms with Crippen molar-refractivity contribution in [3.8, 4) is 55.6 Å². The Balaban J connectivity index is 0.881. The lowest BCUT2D eigenvalue weighted by atomic mass is 9.95. The van der Waals surface area contributed by atoms with Crippen LogP contribution in [0.3, 0.4) is 0 Å². The monoisotopic (exact) mass is 729 g/mol. The van der Waals surface area contributed by atoms with Crippen LogP contribution >= 0.6 is 0 Å². The zero-order chi connectivity index (χ0) is 37.5. The zero-order valence-corrected chi connectivity index (χ0v) is 30.6. The summed E-state index contributed by atoms with van der Waals surface area (Å²) >= 11 is 0. The Bertz CT molecular complexity index is 3550. The van der Waals surface area contributed by atoms with Crippen LogP contribution in [0.15, 0.2) is 202 Å². The van der Waals surface area contributed by atoms with E-state index in [2.05, 4.69) is 163 Å². The largest absolute Gasteiger partial charge is 0.456 e. The maximum atomic E-state index is 6.37. The third kappa shape index (κ3) is 5.26. The number of benzene rings is 8. The molecule has 0 aliphatic heterocycles. The second-order valence-corrected chi connectivity index (χ2v) is 14.8. The van der Waals surface area contributed by atoms with E-state index in [-0.39, 0.29) is 0 Å². The highest BCUT2D eigenvalue weighted by Crippen LogP contribution is 2.39. The number of fused-ring (bicyclic) bond motifs is 9. The van der Waals surface area contributed by atoms with Crippen LogP contribution in [0.5, 0.6) is 0 Å². The van der Waals surface area contributed by atoms with Gasteiger partial charge in [0, 0.05) is 38.5 Å². The van der Waals surface area contributed by atoms with Crippen molar-refractivity contribution >= 4 is 65.8 Å². The first-order chi connectivity index (χ1) is 28.2. The van der Waals surface area contributed by atoms with Gasteiger partial charge in [0.15, 0.2) is 5.58 Å². The summed E-state index contributed by atoms with van der Waals surface area (Å²) < 4.78 is 18.5. The summed E-state index contributed by atoms with van der Waals surface area (Å²) in [6, 6.07) is 62.4. The van der Waals surface area contributed by atoms with Crippen LogP contribution in [-0.2, 0) is 0 Å². The summed E-state index contributed by atoms with van der Waals surface area (Å²) in [6.07, 6.45) is 3.59. The van der Waals surface area contributed by atoms with Gasteiger partial charge >= 0.3 is 0 Å². The molecule has 0 unspecified atom stereocenters. The van der Waals surface area contributed by atoms with E-state index in [1.807, 2.05) is 24.4 Å². The molecule has 12 rings (SSSR count). The highest BCUT2D eigenvalue weighted by Gasteiger charge is 2.14. The minimum absolute atomic E-state index is 0.803. The van der Waals surface area contributed by atoms with E-state index < -0.39 is 0 Å². The number of hydrogen-bond acceptors (Lipinski definition) is 4. The third-order valence-corrected chi connectivity index (χ3v) is 11.4. The summed E-state index contributed by atoms with van der Waals surface area (Å²) in [4.78, 5) is 4.23. The van der Waals surface area contributed by atoms with Crippen LogP contribution in [0.1, 0.15) is 0 Å². The number of rotatable bonds is 5. The molecule has 0 aliphatic rings. The predicted molar refractivity (Wildman–Crippen MR) is 233 cm³/mol. The molecule has 266 valence electrons. The second kappa shape index (κ2) is 12.4. The van der Waals surface area contributed by atoms with Crippen molar-refractivity contribution in [3.63, 3.8) is 0 Å². The third-order valence-electron chi connectivity index (χ3n) is 11.4. The lowest BCUT2D eigenvalue weighted by Crippen LogP contribution is -1.84. The fourth-order valence-electron chi connectivity index (χ4n) is 8.49. The smallest absolute Gasteiger partial charge is 0.153 e. The fraction of sp³-hybridized carbons (Fsp3) is 0. The van der Waals surface area contributed by atoms with E-state index in [0.717, 1.165) is 121 Å². The maximum Gasteiger partial charge on any atom is 0.153 e. The van der Waals surface area contributed by atoms with Crippen LogP contribution in [-0.4, -0.2) is 4.98 Å². The molecule has 4 nitrogen and oxygen atoms in total. The van der Waals surface area contributed by atoms with Crippen molar-refractivity contribution in [2.75, 3.05) is 0 Å². The van der Waals surface area contributed by atoms with Gasteiger partial charge in [0.1, 0.15) is 27.9 Å². The van der Waals surface area contributed by atoms with E-state index in [1.165, 1.54) is 0 Å². The van der Waals surface area contributed by atoms with Crippen molar-refractivity contribution in [1.29, 1.82) is 0 Å². The molecule has 12 aromatic rings. The molecule has 0 aliphatic carbocycles. The highest BCUT2D eigenvalue weighted by molar-refractivity contribution is 6.09. The van der Waals surface area contributed by atoms with Gasteiger partial charge in [0.2, 0.25) is 0 Å². The Labute approximate surface area is 326 Å². The molecule has 4 heterocycles. The molecule has 0 saturated carbocycles. The molecule has 0 bridgehead atoms. The maximum absolute atomic E-state index is 6.37. The minimum atomic E-state index is 0.803. The Morgan fingerprint density at radius 3 is 1.02 bits per heavy atom. The molecule has 4 heteroatoms. The molecule has 0 atom stereocenters. The summed E-state index contributed by atoms with van der Waals surface area (Å²) in [5.74, 6) is 0. The lowest BCUT2D eigenvalue weighted by molar-refractivity contribution is 0.667. The van der Waals surface area contributed by atoms with Gasteiger partial charge in [-0.25, -0.2) is 0 Å². The normalized spacial score (nSPS) is 11.9. The summed E-state index contributed by atoms with van der Waals surface area (Å²) in [5, 5.41) is 6.64. The molecule has 0 spiro atoms. The van der Waals surface area contributed by atoms with E-state index in [0.29, 0.717) is 0 Å². The number of para-hydroxylation sites is 1. The van der Waals surface area contributed by atoms with Crippen LogP contribution in [0.25, 0.3) is 121 Å². The molecule has 0 amide bonds. The fourth-order valence-corrected chi connectivity index (χ4v) is 8.49. The lowest BCUT2D eigenvalue weighted by Gasteiger charge is -2.09. The number of furan rings is 3. The van der Waals surface area contributed by atoms with Crippen molar-refractivity contribution < 1.29 is 13.3 Å². The first-order valence-corrected chi connectivity index (χ1v) is 19.1. The summed E-state index contributed by atoms with van der Waals surface area (Å²) in [7, 11) is 0. The van der Waals surface area contributed by atoms with Crippen LogP contribution in [0, 0.1) is 0 Å². The van der Waals surface area contributed by atoms with Crippen LogP contribution in [0.2, 0.25) is 0 Å². The molecule has 0 fully saturated rings. The van der Waals surface area contributed by atoms with Crippen LogP contribution < -0.4 is 0 Å². The van der Waals surface area contributed by atoms with Gasteiger partial charge in [0.05, 0.1) is 6.20 Å². The minimum Gasteiger partial charge on any atom is -0.456 e. The van der Waals surface area contributed by atoms with Gasteiger partial charge in [-0.3, -0.25) is 4.98 Å². The zero-order valence-electron chi connectivity index (χ0n) is 30.6.